The van der Waals surface area contributed by atoms with Crippen molar-refractivity contribution in [1.29, 1.82) is 0 Å². The summed E-state index contributed by atoms with van der Waals surface area (Å²) in [4.78, 5) is 25.4. The topological polar surface area (TPSA) is 55.8 Å². The number of amides is 1. The number of cyclic esters (lactones) is 1. The Hall–Kier alpha value is -2.04. The van der Waals surface area contributed by atoms with Crippen molar-refractivity contribution in [2.75, 3.05) is 13.2 Å². The first-order chi connectivity index (χ1) is 10.2. The molecular formula is C16H21NO4. The van der Waals surface area contributed by atoms with Crippen molar-refractivity contribution in [3.05, 3.63) is 35.9 Å². The molecule has 5 nitrogen and oxygen atoms in total. The standard InChI is InChI=1S/C16H21NO4/c1-3-13(10-15(18)20-4-2)17-14(11-21-16(17)19)12-8-6-5-7-9-12/h5-9,13-14H,3-4,10-11H2,1-2H3/t13-,14+/m1/s1. The first kappa shape index (κ1) is 15.4. The van der Waals surface area contributed by atoms with E-state index in [0.29, 0.717) is 19.6 Å². The van der Waals surface area contributed by atoms with Gasteiger partial charge in [0.2, 0.25) is 0 Å². The molecular weight excluding hydrogens is 270 g/mol. The normalized spacial score (nSPS) is 19.2. The Bertz CT molecular complexity index is 488. The lowest BCUT2D eigenvalue weighted by atomic mass is 10.0. The van der Waals surface area contributed by atoms with Crippen LogP contribution in [0.4, 0.5) is 4.79 Å². The van der Waals surface area contributed by atoms with Crippen LogP contribution in [0.15, 0.2) is 30.3 Å². The third-order valence-electron chi connectivity index (χ3n) is 3.67. The Labute approximate surface area is 124 Å². The lowest BCUT2D eigenvalue weighted by Gasteiger charge is -2.29. The van der Waals surface area contributed by atoms with E-state index in [-0.39, 0.29) is 30.6 Å². The highest BCUT2D eigenvalue weighted by Crippen LogP contribution is 2.31. The second-order valence-corrected chi connectivity index (χ2v) is 4.98. The number of esters is 1. The average Bonchev–Trinajstić information content (AvgIpc) is 2.88. The molecule has 21 heavy (non-hydrogen) atoms. The van der Waals surface area contributed by atoms with E-state index in [0.717, 1.165) is 5.56 Å². The smallest absolute Gasteiger partial charge is 0.410 e. The minimum absolute atomic E-state index is 0.141. The number of carbonyl (C=O) groups excluding carboxylic acids is 2. The van der Waals surface area contributed by atoms with Crippen LogP contribution in [-0.2, 0) is 14.3 Å². The third-order valence-corrected chi connectivity index (χ3v) is 3.67. The molecule has 1 aliphatic rings. The summed E-state index contributed by atoms with van der Waals surface area (Å²) in [5.41, 5.74) is 1.02. The highest BCUT2D eigenvalue weighted by Gasteiger charge is 2.39. The van der Waals surface area contributed by atoms with Crippen LogP contribution >= 0.6 is 0 Å². The Kier molecular flexibility index (Phi) is 5.20. The van der Waals surface area contributed by atoms with Crippen LogP contribution in [0.5, 0.6) is 0 Å². The fourth-order valence-electron chi connectivity index (χ4n) is 2.62. The van der Waals surface area contributed by atoms with Gasteiger partial charge in [0, 0.05) is 6.04 Å². The van der Waals surface area contributed by atoms with Crippen molar-refractivity contribution in [2.24, 2.45) is 0 Å². The molecule has 1 amide bonds. The van der Waals surface area contributed by atoms with Crippen molar-refractivity contribution >= 4 is 12.1 Å². The largest absolute Gasteiger partial charge is 0.466 e. The fraction of sp³-hybridized carbons (Fsp3) is 0.500. The molecule has 0 spiro atoms. The van der Waals surface area contributed by atoms with E-state index in [1.807, 2.05) is 37.3 Å². The molecule has 0 unspecified atom stereocenters. The number of carbonyl (C=O) groups is 2. The van der Waals surface area contributed by atoms with Crippen molar-refractivity contribution in [3.63, 3.8) is 0 Å². The number of ether oxygens (including phenoxy) is 2. The lowest BCUT2D eigenvalue weighted by molar-refractivity contribution is -0.144. The van der Waals surface area contributed by atoms with Gasteiger partial charge in [-0.25, -0.2) is 4.79 Å². The number of hydrogen-bond donors (Lipinski definition) is 0. The Morgan fingerprint density at radius 2 is 2.10 bits per heavy atom. The number of benzene rings is 1. The molecule has 2 rings (SSSR count). The van der Waals surface area contributed by atoms with Gasteiger partial charge < -0.3 is 9.47 Å². The van der Waals surface area contributed by atoms with Crippen LogP contribution in [-0.4, -0.2) is 36.2 Å². The average molecular weight is 291 g/mol. The molecule has 0 saturated carbocycles. The van der Waals surface area contributed by atoms with Crippen molar-refractivity contribution < 1.29 is 19.1 Å². The van der Waals surface area contributed by atoms with Gasteiger partial charge in [-0.05, 0) is 18.9 Å². The van der Waals surface area contributed by atoms with Gasteiger partial charge in [0.15, 0.2) is 0 Å². The quantitative estimate of drug-likeness (QED) is 0.756. The lowest BCUT2D eigenvalue weighted by Crippen LogP contribution is -2.39. The first-order valence-electron chi connectivity index (χ1n) is 7.33. The van der Waals surface area contributed by atoms with Gasteiger partial charge in [0.1, 0.15) is 6.61 Å². The minimum atomic E-state index is -0.361. The molecule has 2 atom stereocenters. The fourth-order valence-corrected chi connectivity index (χ4v) is 2.62. The molecule has 1 aromatic rings. The highest BCUT2D eigenvalue weighted by molar-refractivity contribution is 5.74. The summed E-state index contributed by atoms with van der Waals surface area (Å²) in [5.74, 6) is -0.282. The number of rotatable bonds is 6. The first-order valence-corrected chi connectivity index (χ1v) is 7.33. The van der Waals surface area contributed by atoms with E-state index in [1.54, 1.807) is 11.8 Å². The van der Waals surface area contributed by atoms with Crippen LogP contribution in [0.3, 0.4) is 0 Å². The van der Waals surface area contributed by atoms with E-state index >= 15 is 0 Å². The molecule has 1 fully saturated rings. The van der Waals surface area contributed by atoms with Crippen LogP contribution in [0.25, 0.3) is 0 Å². The molecule has 1 saturated heterocycles. The second kappa shape index (κ2) is 7.11. The van der Waals surface area contributed by atoms with Crippen LogP contribution in [0.1, 0.15) is 38.3 Å². The summed E-state index contributed by atoms with van der Waals surface area (Å²) >= 11 is 0. The van der Waals surface area contributed by atoms with E-state index in [4.69, 9.17) is 9.47 Å². The maximum absolute atomic E-state index is 12.0. The zero-order valence-electron chi connectivity index (χ0n) is 12.5. The predicted octanol–water partition coefficient (Wildman–Crippen LogP) is 2.91. The highest BCUT2D eigenvalue weighted by atomic mass is 16.6. The Balaban J connectivity index is 2.16. The summed E-state index contributed by atoms with van der Waals surface area (Å²) in [6.07, 6.45) is 0.514. The number of nitrogens with zero attached hydrogens (tertiary/aromatic N) is 1. The molecule has 0 bridgehead atoms. The monoisotopic (exact) mass is 291 g/mol. The maximum Gasteiger partial charge on any atom is 0.410 e. The molecule has 0 radical (unpaired) electrons. The maximum atomic E-state index is 12.0. The minimum Gasteiger partial charge on any atom is -0.466 e. The molecule has 1 aromatic carbocycles. The van der Waals surface area contributed by atoms with E-state index in [1.165, 1.54) is 0 Å². The van der Waals surface area contributed by atoms with Crippen molar-refractivity contribution in [3.8, 4) is 0 Å². The molecule has 0 N–H and O–H groups in total. The summed E-state index contributed by atoms with van der Waals surface area (Å²) in [6.45, 7) is 4.40. The third kappa shape index (κ3) is 3.54. The SMILES string of the molecule is CCOC(=O)C[C@@H](CC)N1C(=O)OC[C@H]1c1ccccc1. The van der Waals surface area contributed by atoms with Gasteiger partial charge >= 0.3 is 12.1 Å². The van der Waals surface area contributed by atoms with E-state index in [2.05, 4.69) is 0 Å². The molecule has 1 aliphatic heterocycles. The Morgan fingerprint density at radius 3 is 2.71 bits per heavy atom. The predicted molar refractivity (Wildman–Crippen MR) is 77.7 cm³/mol. The van der Waals surface area contributed by atoms with Crippen LogP contribution < -0.4 is 0 Å². The molecule has 114 valence electrons. The van der Waals surface area contributed by atoms with Crippen molar-refractivity contribution in [1.82, 2.24) is 4.90 Å². The van der Waals surface area contributed by atoms with E-state index in [9.17, 15) is 9.59 Å². The summed E-state index contributed by atoms with van der Waals surface area (Å²) in [7, 11) is 0. The van der Waals surface area contributed by atoms with Gasteiger partial charge in [-0.1, -0.05) is 37.3 Å². The van der Waals surface area contributed by atoms with Crippen LogP contribution in [0.2, 0.25) is 0 Å². The zero-order valence-corrected chi connectivity index (χ0v) is 12.5. The number of hydrogen-bond acceptors (Lipinski definition) is 4. The summed E-state index contributed by atoms with van der Waals surface area (Å²) in [6, 6.07) is 9.39. The second-order valence-electron chi connectivity index (χ2n) is 4.98. The molecule has 0 aromatic heterocycles. The van der Waals surface area contributed by atoms with Gasteiger partial charge in [-0.2, -0.15) is 0 Å². The van der Waals surface area contributed by atoms with Gasteiger partial charge in [0.05, 0.1) is 19.1 Å². The van der Waals surface area contributed by atoms with Gasteiger partial charge in [-0.3, -0.25) is 9.69 Å². The molecule has 5 heteroatoms. The van der Waals surface area contributed by atoms with E-state index < -0.39 is 0 Å². The van der Waals surface area contributed by atoms with Gasteiger partial charge in [-0.15, -0.1) is 0 Å². The van der Waals surface area contributed by atoms with Crippen molar-refractivity contribution in [2.45, 2.75) is 38.8 Å². The summed E-state index contributed by atoms with van der Waals surface area (Å²) < 4.78 is 10.2. The van der Waals surface area contributed by atoms with Gasteiger partial charge in [0.25, 0.3) is 0 Å². The summed E-state index contributed by atoms with van der Waals surface area (Å²) in [5, 5.41) is 0. The molecule has 1 heterocycles. The molecule has 0 aliphatic carbocycles. The van der Waals surface area contributed by atoms with Crippen LogP contribution in [0, 0.1) is 0 Å². The zero-order chi connectivity index (χ0) is 15.2. The Morgan fingerprint density at radius 1 is 1.38 bits per heavy atom.